The molecule has 0 amide bonds. The fourth-order valence-corrected chi connectivity index (χ4v) is 1.62. The fraction of sp³-hybridized carbons (Fsp3) is 0.125. The van der Waals surface area contributed by atoms with Gasteiger partial charge in [-0.3, -0.25) is 4.99 Å². The summed E-state index contributed by atoms with van der Waals surface area (Å²) in [5.74, 6) is -2.06. The minimum atomic E-state index is -1.06. The van der Waals surface area contributed by atoms with Crippen molar-refractivity contribution >= 4 is 17.9 Å². The quantitative estimate of drug-likeness (QED) is 0.859. The number of hydrogen-bond donors (Lipinski definition) is 1. The van der Waals surface area contributed by atoms with E-state index in [4.69, 9.17) is 9.84 Å². The lowest BCUT2D eigenvalue weighted by Crippen LogP contribution is -2.22. The molecule has 2 aromatic rings. The van der Waals surface area contributed by atoms with Gasteiger partial charge in [-0.2, -0.15) is 0 Å². The SMILES string of the molecule is C[C@@H](Oc1ccc(C=Nc2ccc(F)cc2F)cc1)C(=O)O. The molecule has 0 aromatic heterocycles. The van der Waals surface area contributed by atoms with E-state index in [1.807, 2.05) is 0 Å². The van der Waals surface area contributed by atoms with E-state index in [0.29, 0.717) is 11.3 Å². The Kier molecular flexibility index (Phi) is 4.83. The molecule has 0 bridgehead atoms. The summed E-state index contributed by atoms with van der Waals surface area (Å²) in [5.41, 5.74) is 0.695. The number of halogens is 2. The Labute approximate surface area is 125 Å². The predicted octanol–water partition coefficient (Wildman–Crippen LogP) is 3.57. The maximum atomic E-state index is 13.4. The number of aliphatic imine (C=N–C) groups is 1. The van der Waals surface area contributed by atoms with E-state index in [1.54, 1.807) is 24.3 Å². The van der Waals surface area contributed by atoms with Gasteiger partial charge in [0, 0.05) is 12.3 Å². The van der Waals surface area contributed by atoms with Crippen molar-refractivity contribution in [1.29, 1.82) is 0 Å². The van der Waals surface area contributed by atoms with E-state index in [0.717, 1.165) is 12.1 Å². The Bertz CT molecular complexity index is 699. The summed E-state index contributed by atoms with van der Waals surface area (Å²) in [6.45, 7) is 1.43. The van der Waals surface area contributed by atoms with Crippen molar-refractivity contribution in [2.24, 2.45) is 4.99 Å². The highest BCUT2D eigenvalue weighted by Crippen LogP contribution is 2.19. The predicted molar refractivity (Wildman–Crippen MR) is 77.8 cm³/mol. The third-order valence-electron chi connectivity index (χ3n) is 2.80. The zero-order valence-electron chi connectivity index (χ0n) is 11.7. The van der Waals surface area contributed by atoms with Gasteiger partial charge in [-0.25, -0.2) is 13.6 Å². The van der Waals surface area contributed by atoms with Crippen molar-refractivity contribution in [3.8, 4) is 5.75 Å². The first-order valence-corrected chi connectivity index (χ1v) is 6.44. The lowest BCUT2D eigenvalue weighted by molar-refractivity contribution is -0.144. The van der Waals surface area contributed by atoms with Gasteiger partial charge < -0.3 is 9.84 Å². The Morgan fingerprint density at radius 2 is 1.91 bits per heavy atom. The van der Waals surface area contributed by atoms with Gasteiger partial charge in [0.1, 0.15) is 11.6 Å². The smallest absolute Gasteiger partial charge is 0.344 e. The molecule has 6 heteroatoms. The van der Waals surface area contributed by atoms with Gasteiger partial charge in [0.15, 0.2) is 11.9 Å². The van der Waals surface area contributed by atoms with Crippen LogP contribution in [-0.4, -0.2) is 23.4 Å². The van der Waals surface area contributed by atoms with Crippen LogP contribution < -0.4 is 4.74 Å². The first-order chi connectivity index (χ1) is 10.5. The lowest BCUT2D eigenvalue weighted by atomic mass is 10.2. The number of nitrogens with zero attached hydrogens (tertiary/aromatic N) is 1. The lowest BCUT2D eigenvalue weighted by Gasteiger charge is -2.09. The van der Waals surface area contributed by atoms with Crippen LogP contribution in [0.25, 0.3) is 0 Å². The third kappa shape index (κ3) is 4.12. The van der Waals surface area contributed by atoms with Crippen molar-refractivity contribution in [3.05, 3.63) is 59.7 Å². The van der Waals surface area contributed by atoms with Crippen molar-refractivity contribution < 1.29 is 23.4 Å². The van der Waals surface area contributed by atoms with Crippen LogP contribution in [0.5, 0.6) is 5.75 Å². The molecule has 0 unspecified atom stereocenters. The molecular formula is C16H13F2NO3. The van der Waals surface area contributed by atoms with Gasteiger partial charge in [-0.05, 0) is 48.9 Å². The van der Waals surface area contributed by atoms with Crippen molar-refractivity contribution in [3.63, 3.8) is 0 Å². The van der Waals surface area contributed by atoms with Crippen molar-refractivity contribution in [2.45, 2.75) is 13.0 Å². The molecule has 1 atom stereocenters. The first-order valence-electron chi connectivity index (χ1n) is 6.44. The van der Waals surface area contributed by atoms with E-state index < -0.39 is 23.7 Å². The van der Waals surface area contributed by atoms with Gasteiger partial charge in [-0.1, -0.05) is 0 Å². The molecule has 2 aromatic carbocycles. The Morgan fingerprint density at radius 3 is 2.50 bits per heavy atom. The number of carboxylic acid groups (broad SMARTS) is 1. The van der Waals surface area contributed by atoms with Crippen LogP contribution in [0.1, 0.15) is 12.5 Å². The van der Waals surface area contributed by atoms with Gasteiger partial charge in [-0.15, -0.1) is 0 Å². The number of hydrogen-bond acceptors (Lipinski definition) is 3. The van der Waals surface area contributed by atoms with Gasteiger partial charge in [0.05, 0.1) is 5.69 Å². The Hall–Kier alpha value is -2.76. The third-order valence-corrected chi connectivity index (χ3v) is 2.80. The Balaban J connectivity index is 2.07. The van der Waals surface area contributed by atoms with Crippen LogP contribution >= 0.6 is 0 Å². The standard InChI is InChI=1S/C16H13F2NO3/c1-10(16(20)21)22-13-5-2-11(3-6-13)9-19-15-7-4-12(17)8-14(15)18/h2-10H,1H3,(H,20,21)/t10-/m1/s1. The maximum absolute atomic E-state index is 13.4. The van der Waals surface area contributed by atoms with Gasteiger partial charge >= 0.3 is 5.97 Å². The highest BCUT2D eigenvalue weighted by atomic mass is 19.1. The molecule has 0 radical (unpaired) electrons. The second kappa shape index (κ2) is 6.80. The van der Waals surface area contributed by atoms with E-state index in [1.165, 1.54) is 19.2 Å². The van der Waals surface area contributed by atoms with E-state index in [2.05, 4.69) is 4.99 Å². The molecule has 4 nitrogen and oxygen atoms in total. The van der Waals surface area contributed by atoms with Gasteiger partial charge in [0.2, 0.25) is 0 Å². The number of carboxylic acids is 1. The topological polar surface area (TPSA) is 58.9 Å². The van der Waals surface area contributed by atoms with E-state index in [9.17, 15) is 13.6 Å². The van der Waals surface area contributed by atoms with Crippen LogP contribution in [0.2, 0.25) is 0 Å². The summed E-state index contributed by atoms with van der Waals surface area (Å²) in [4.78, 5) is 14.6. The second-order valence-electron chi connectivity index (χ2n) is 4.52. The average Bonchev–Trinajstić information content (AvgIpc) is 2.47. The molecule has 1 N–H and O–H groups in total. The highest BCUT2D eigenvalue weighted by Gasteiger charge is 2.11. The number of ether oxygens (including phenoxy) is 1. The molecule has 0 heterocycles. The molecule has 22 heavy (non-hydrogen) atoms. The maximum Gasteiger partial charge on any atom is 0.344 e. The Morgan fingerprint density at radius 1 is 1.23 bits per heavy atom. The van der Waals surface area contributed by atoms with Gasteiger partial charge in [0.25, 0.3) is 0 Å². The minimum absolute atomic E-state index is 0.0289. The van der Waals surface area contributed by atoms with E-state index >= 15 is 0 Å². The summed E-state index contributed by atoms with van der Waals surface area (Å²) in [7, 11) is 0. The molecular weight excluding hydrogens is 292 g/mol. The number of benzene rings is 2. The van der Waals surface area contributed by atoms with Crippen LogP contribution in [0.3, 0.4) is 0 Å². The minimum Gasteiger partial charge on any atom is -0.479 e. The monoisotopic (exact) mass is 305 g/mol. The normalized spacial score (nSPS) is 12.3. The molecule has 2 rings (SSSR count). The molecule has 114 valence electrons. The molecule has 0 aliphatic carbocycles. The van der Waals surface area contributed by atoms with Crippen LogP contribution in [0.4, 0.5) is 14.5 Å². The zero-order chi connectivity index (χ0) is 16.1. The summed E-state index contributed by atoms with van der Waals surface area (Å²) in [6, 6.07) is 9.59. The highest BCUT2D eigenvalue weighted by molar-refractivity contribution is 5.82. The molecule has 0 saturated carbocycles. The molecule has 0 aliphatic rings. The molecule has 0 saturated heterocycles. The summed E-state index contributed by atoms with van der Waals surface area (Å²) in [5, 5.41) is 8.75. The largest absolute Gasteiger partial charge is 0.479 e. The average molecular weight is 305 g/mol. The second-order valence-corrected chi connectivity index (χ2v) is 4.52. The summed E-state index contributed by atoms with van der Waals surface area (Å²) in [6.07, 6.45) is 0.466. The molecule has 0 spiro atoms. The fourth-order valence-electron chi connectivity index (χ4n) is 1.62. The van der Waals surface area contributed by atoms with Crippen molar-refractivity contribution in [2.75, 3.05) is 0 Å². The number of rotatable bonds is 5. The first kappa shape index (κ1) is 15.6. The summed E-state index contributed by atoms with van der Waals surface area (Å²) >= 11 is 0. The van der Waals surface area contributed by atoms with Crippen molar-refractivity contribution in [1.82, 2.24) is 0 Å². The van der Waals surface area contributed by atoms with Crippen LogP contribution in [-0.2, 0) is 4.79 Å². The van der Waals surface area contributed by atoms with Crippen LogP contribution in [0.15, 0.2) is 47.5 Å². The van der Waals surface area contributed by atoms with E-state index in [-0.39, 0.29) is 5.69 Å². The summed E-state index contributed by atoms with van der Waals surface area (Å²) < 4.78 is 31.4. The van der Waals surface area contributed by atoms with Crippen LogP contribution in [0, 0.1) is 11.6 Å². The molecule has 0 fully saturated rings. The molecule has 0 aliphatic heterocycles. The number of carbonyl (C=O) groups is 1. The number of aliphatic carboxylic acids is 1. The zero-order valence-corrected chi connectivity index (χ0v) is 11.7.